The van der Waals surface area contributed by atoms with Crippen LogP contribution in [0.15, 0.2) is 97.1 Å². The quantitative estimate of drug-likeness (QED) is 0.463. The molecule has 0 bridgehead atoms. The summed E-state index contributed by atoms with van der Waals surface area (Å²) >= 11 is 0. The van der Waals surface area contributed by atoms with Crippen LogP contribution in [0.25, 0.3) is 0 Å². The number of nitrogens with zero attached hydrogens (tertiary/aromatic N) is 1. The molecule has 5 heteroatoms. The summed E-state index contributed by atoms with van der Waals surface area (Å²) in [4.78, 5) is 14.8. The third-order valence-electron chi connectivity index (χ3n) is 5.46. The molecule has 1 amide bonds. The van der Waals surface area contributed by atoms with Gasteiger partial charge in [0, 0.05) is 6.54 Å². The van der Waals surface area contributed by atoms with Crippen LogP contribution in [0.3, 0.4) is 0 Å². The van der Waals surface area contributed by atoms with Crippen molar-refractivity contribution >= 4 is 6.09 Å². The lowest BCUT2D eigenvalue weighted by Crippen LogP contribution is -2.44. The summed E-state index contributed by atoms with van der Waals surface area (Å²) in [5, 5.41) is 0. The molecule has 3 aromatic carbocycles. The average Bonchev–Trinajstić information content (AvgIpc) is 2.87. The van der Waals surface area contributed by atoms with Crippen molar-refractivity contribution in [2.75, 3.05) is 13.7 Å². The van der Waals surface area contributed by atoms with E-state index in [4.69, 9.17) is 14.2 Å². The van der Waals surface area contributed by atoms with Gasteiger partial charge >= 0.3 is 6.09 Å². The van der Waals surface area contributed by atoms with Gasteiger partial charge in [-0.3, -0.25) is 4.90 Å². The molecule has 32 heavy (non-hydrogen) atoms. The van der Waals surface area contributed by atoms with E-state index in [2.05, 4.69) is 0 Å². The first-order chi connectivity index (χ1) is 15.7. The Morgan fingerprint density at radius 1 is 0.875 bits per heavy atom. The fourth-order valence-electron chi connectivity index (χ4n) is 3.78. The number of carbonyl (C=O) groups is 1. The lowest BCUT2D eigenvalue weighted by molar-refractivity contribution is -0.00440. The van der Waals surface area contributed by atoms with Crippen LogP contribution < -0.4 is 4.74 Å². The SMILES string of the molecule is COc1ccc([C@H]2[C@@H](OCc3ccccc3)C=CCN2C(=O)OCc2ccccc2)cc1. The van der Waals surface area contributed by atoms with Crippen LogP contribution >= 0.6 is 0 Å². The molecule has 0 saturated carbocycles. The molecule has 5 nitrogen and oxygen atoms in total. The van der Waals surface area contributed by atoms with E-state index in [1.807, 2.05) is 97.1 Å². The van der Waals surface area contributed by atoms with E-state index in [1.54, 1.807) is 12.0 Å². The first kappa shape index (κ1) is 21.7. The number of benzene rings is 3. The fraction of sp³-hybridized carbons (Fsp3) is 0.222. The maximum absolute atomic E-state index is 13.1. The Balaban J connectivity index is 1.54. The number of hydrogen-bond donors (Lipinski definition) is 0. The summed E-state index contributed by atoms with van der Waals surface area (Å²) < 4.78 is 17.2. The summed E-state index contributed by atoms with van der Waals surface area (Å²) in [6.07, 6.45) is 3.31. The van der Waals surface area contributed by atoms with E-state index in [0.717, 1.165) is 22.4 Å². The van der Waals surface area contributed by atoms with Crippen molar-refractivity contribution in [1.82, 2.24) is 4.90 Å². The molecule has 1 aliphatic heterocycles. The van der Waals surface area contributed by atoms with Gasteiger partial charge in [-0.25, -0.2) is 4.79 Å². The number of amides is 1. The van der Waals surface area contributed by atoms with Gasteiger partial charge in [-0.05, 0) is 28.8 Å². The Morgan fingerprint density at radius 3 is 2.12 bits per heavy atom. The summed E-state index contributed by atoms with van der Waals surface area (Å²) in [6.45, 7) is 1.13. The molecule has 0 N–H and O–H groups in total. The predicted octanol–water partition coefficient (Wildman–Crippen LogP) is 5.53. The Bertz CT molecular complexity index is 1020. The largest absolute Gasteiger partial charge is 0.497 e. The number of rotatable bonds is 7. The number of methoxy groups -OCH3 is 1. The highest BCUT2D eigenvalue weighted by Gasteiger charge is 2.34. The Morgan fingerprint density at radius 2 is 1.50 bits per heavy atom. The van der Waals surface area contributed by atoms with Gasteiger partial charge in [0.15, 0.2) is 0 Å². The van der Waals surface area contributed by atoms with E-state index < -0.39 is 0 Å². The van der Waals surface area contributed by atoms with Crippen LogP contribution in [-0.2, 0) is 22.7 Å². The van der Waals surface area contributed by atoms with Crippen LogP contribution in [-0.4, -0.2) is 30.8 Å². The Hall–Kier alpha value is -3.57. The van der Waals surface area contributed by atoms with Crippen LogP contribution in [0.2, 0.25) is 0 Å². The number of carbonyl (C=O) groups excluding carboxylic acids is 1. The first-order valence-electron chi connectivity index (χ1n) is 10.7. The smallest absolute Gasteiger partial charge is 0.411 e. The second-order valence-corrected chi connectivity index (χ2v) is 7.60. The summed E-state index contributed by atoms with van der Waals surface area (Å²) in [6, 6.07) is 27.1. The molecule has 0 spiro atoms. The molecule has 0 aromatic heterocycles. The third kappa shape index (κ3) is 5.37. The topological polar surface area (TPSA) is 48.0 Å². The Labute approximate surface area is 188 Å². The zero-order chi connectivity index (χ0) is 22.2. The molecule has 0 saturated heterocycles. The standard InChI is InChI=1S/C27H27NO4/c1-30-24-16-14-23(15-17-24)26-25(31-19-21-9-4-2-5-10-21)13-8-18-28(26)27(29)32-20-22-11-6-3-7-12-22/h2-17,25-26H,18-20H2,1H3/t25-,26-/m0/s1. The third-order valence-corrected chi connectivity index (χ3v) is 5.46. The van der Waals surface area contributed by atoms with E-state index in [0.29, 0.717) is 13.2 Å². The molecule has 164 valence electrons. The van der Waals surface area contributed by atoms with Crippen molar-refractivity contribution in [2.24, 2.45) is 0 Å². The molecule has 4 rings (SSSR count). The molecule has 0 aliphatic carbocycles. The minimum absolute atomic E-state index is 0.227. The van der Waals surface area contributed by atoms with E-state index >= 15 is 0 Å². The van der Waals surface area contributed by atoms with E-state index in [1.165, 1.54) is 0 Å². The second kappa shape index (κ2) is 10.6. The zero-order valence-electron chi connectivity index (χ0n) is 18.1. The van der Waals surface area contributed by atoms with Crippen LogP contribution in [0, 0.1) is 0 Å². The normalized spacial score (nSPS) is 17.7. The van der Waals surface area contributed by atoms with Gasteiger partial charge in [0.25, 0.3) is 0 Å². The van der Waals surface area contributed by atoms with E-state index in [9.17, 15) is 4.79 Å². The van der Waals surface area contributed by atoms with Gasteiger partial charge in [0.2, 0.25) is 0 Å². The van der Waals surface area contributed by atoms with Crippen LogP contribution in [0.4, 0.5) is 4.79 Å². The highest BCUT2D eigenvalue weighted by Crippen LogP contribution is 2.32. The maximum Gasteiger partial charge on any atom is 0.411 e. The fourth-order valence-corrected chi connectivity index (χ4v) is 3.78. The van der Waals surface area contributed by atoms with Gasteiger partial charge in [-0.2, -0.15) is 0 Å². The van der Waals surface area contributed by atoms with Crippen molar-refractivity contribution < 1.29 is 19.0 Å². The molecule has 0 fully saturated rings. The van der Waals surface area contributed by atoms with Crippen molar-refractivity contribution in [3.05, 3.63) is 114 Å². The first-order valence-corrected chi connectivity index (χ1v) is 10.7. The molecular formula is C27H27NO4. The maximum atomic E-state index is 13.1. The molecule has 1 heterocycles. The number of ether oxygens (including phenoxy) is 3. The zero-order valence-corrected chi connectivity index (χ0v) is 18.1. The highest BCUT2D eigenvalue weighted by molar-refractivity contribution is 5.69. The van der Waals surface area contributed by atoms with Crippen molar-refractivity contribution in [1.29, 1.82) is 0 Å². The van der Waals surface area contributed by atoms with E-state index in [-0.39, 0.29) is 24.8 Å². The minimum Gasteiger partial charge on any atom is -0.497 e. The van der Waals surface area contributed by atoms with Crippen LogP contribution in [0.1, 0.15) is 22.7 Å². The number of hydrogen-bond acceptors (Lipinski definition) is 4. The van der Waals surface area contributed by atoms with Crippen molar-refractivity contribution in [3.8, 4) is 5.75 Å². The average molecular weight is 430 g/mol. The lowest BCUT2D eigenvalue weighted by Gasteiger charge is -2.37. The van der Waals surface area contributed by atoms with Crippen molar-refractivity contribution in [2.45, 2.75) is 25.4 Å². The van der Waals surface area contributed by atoms with Crippen molar-refractivity contribution in [3.63, 3.8) is 0 Å². The van der Waals surface area contributed by atoms with Gasteiger partial charge in [0.1, 0.15) is 18.5 Å². The second-order valence-electron chi connectivity index (χ2n) is 7.60. The molecule has 0 unspecified atom stereocenters. The molecule has 0 radical (unpaired) electrons. The summed E-state index contributed by atoms with van der Waals surface area (Å²) in [5.74, 6) is 0.764. The Kier molecular flexibility index (Phi) is 7.20. The molecular weight excluding hydrogens is 402 g/mol. The molecule has 1 aliphatic rings. The monoisotopic (exact) mass is 429 g/mol. The van der Waals surface area contributed by atoms with Gasteiger partial charge < -0.3 is 14.2 Å². The van der Waals surface area contributed by atoms with Gasteiger partial charge in [-0.1, -0.05) is 84.9 Å². The predicted molar refractivity (Wildman–Crippen MR) is 123 cm³/mol. The van der Waals surface area contributed by atoms with Gasteiger partial charge in [0.05, 0.1) is 19.8 Å². The molecule has 2 atom stereocenters. The van der Waals surface area contributed by atoms with Gasteiger partial charge in [-0.15, -0.1) is 0 Å². The lowest BCUT2D eigenvalue weighted by atomic mass is 9.96. The minimum atomic E-state index is -0.368. The highest BCUT2D eigenvalue weighted by atomic mass is 16.6. The van der Waals surface area contributed by atoms with Crippen LogP contribution in [0.5, 0.6) is 5.75 Å². The summed E-state index contributed by atoms with van der Waals surface area (Å²) in [5.41, 5.74) is 2.99. The molecule has 3 aromatic rings. The summed E-state index contributed by atoms with van der Waals surface area (Å²) in [7, 11) is 1.64.